The Labute approximate surface area is 92.7 Å². The summed E-state index contributed by atoms with van der Waals surface area (Å²) >= 11 is 0. The number of aryl methyl sites for hydroxylation is 1. The Hall–Kier alpha value is -1.69. The summed E-state index contributed by atoms with van der Waals surface area (Å²) in [5.74, 6) is -0.495. The largest absolute Gasteiger partial charge is 0.392 e. The second-order valence-corrected chi connectivity index (χ2v) is 3.70. The van der Waals surface area contributed by atoms with Crippen molar-refractivity contribution in [1.82, 2.24) is 15.5 Å². The van der Waals surface area contributed by atoms with Crippen LogP contribution in [0.25, 0.3) is 0 Å². The molecule has 1 rings (SSSR count). The molecule has 0 radical (unpaired) electrons. The zero-order valence-electron chi connectivity index (χ0n) is 9.50. The van der Waals surface area contributed by atoms with Crippen molar-refractivity contribution in [3.05, 3.63) is 27.2 Å². The molecule has 0 spiro atoms. The Morgan fingerprint density at radius 3 is 2.75 bits per heavy atom. The summed E-state index contributed by atoms with van der Waals surface area (Å²) < 4.78 is 0. The minimum atomic E-state index is -0.647. The molecule has 0 aliphatic carbocycles. The molecule has 1 amide bonds. The highest BCUT2D eigenvalue weighted by Gasteiger charge is 2.15. The van der Waals surface area contributed by atoms with E-state index >= 15 is 0 Å². The minimum absolute atomic E-state index is 0.0492. The fourth-order valence-corrected chi connectivity index (χ4v) is 1.23. The number of aromatic nitrogens is 2. The van der Waals surface area contributed by atoms with E-state index in [2.05, 4.69) is 15.5 Å². The smallest absolute Gasteiger partial charge is 0.277 e. The molecule has 1 aromatic heterocycles. The molecule has 6 nitrogen and oxygen atoms in total. The van der Waals surface area contributed by atoms with Crippen LogP contribution in [0, 0.1) is 13.8 Å². The lowest BCUT2D eigenvalue weighted by Crippen LogP contribution is -2.35. The third kappa shape index (κ3) is 2.66. The second kappa shape index (κ2) is 4.89. The molecule has 0 saturated heterocycles. The first-order chi connectivity index (χ1) is 7.43. The molecule has 0 aliphatic rings. The van der Waals surface area contributed by atoms with Gasteiger partial charge in [-0.3, -0.25) is 9.59 Å². The molecule has 16 heavy (non-hydrogen) atoms. The van der Waals surface area contributed by atoms with E-state index in [0.717, 1.165) is 0 Å². The number of rotatable bonds is 3. The Morgan fingerprint density at radius 1 is 1.56 bits per heavy atom. The summed E-state index contributed by atoms with van der Waals surface area (Å²) in [5.41, 5.74) is 0.674. The summed E-state index contributed by atoms with van der Waals surface area (Å²) in [7, 11) is 0. The molecule has 0 bridgehead atoms. The van der Waals surface area contributed by atoms with Gasteiger partial charge in [-0.25, -0.2) is 5.10 Å². The minimum Gasteiger partial charge on any atom is -0.392 e. The van der Waals surface area contributed by atoms with Gasteiger partial charge in [0.1, 0.15) is 5.56 Å². The van der Waals surface area contributed by atoms with Crippen LogP contribution in [0.1, 0.15) is 28.5 Å². The fourth-order valence-electron chi connectivity index (χ4n) is 1.23. The van der Waals surface area contributed by atoms with Crippen molar-refractivity contribution in [3.63, 3.8) is 0 Å². The van der Waals surface area contributed by atoms with E-state index in [1.807, 2.05) is 0 Å². The van der Waals surface area contributed by atoms with Gasteiger partial charge >= 0.3 is 0 Å². The number of aliphatic hydroxyl groups excluding tert-OH is 1. The van der Waals surface area contributed by atoms with Crippen molar-refractivity contribution in [2.45, 2.75) is 26.9 Å². The number of amides is 1. The van der Waals surface area contributed by atoms with Crippen molar-refractivity contribution in [2.75, 3.05) is 6.54 Å². The zero-order chi connectivity index (χ0) is 12.3. The molecule has 1 atom stereocenters. The van der Waals surface area contributed by atoms with Crippen LogP contribution < -0.4 is 10.9 Å². The molecule has 0 aromatic carbocycles. The Bertz CT molecular complexity index is 451. The maximum atomic E-state index is 11.7. The molecular formula is C10H15N3O3. The average molecular weight is 225 g/mol. The van der Waals surface area contributed by atoms with E-state index in [1.165, 1.54) is 0 Å². The zero-order valence-corrected chi connectivity index (χ0v) is 9.50. The maximum absolute atomic E-state index is 11.7. The van der Waals surface area contributed by atoms with Crippen LogP contribution in [0.3, 0.4) is 0 Å². The van der Waals surface area contributed by atoms with Gasteiger partial charge in [-0.05, 0) is 26.3 Å². The van der Waals surface area contributed by atoms with E-state index in [0.29, 0.717) is 11.3 Å². The summed E-state index contributed by atoms with van der Waals surface area (Å²) in [4.78, 5) is 23.1. The van der Waals surface area contributed by atoms with Gasteiger partial charge in [0.05, 0.1) is 11.8 Å². The fraction of sp³-hybridized carbons (Fsp3) is 0.500. The summed E-state index contributed by atoms with van der Waals surface area (Å²) in [5, 5.41) is 17.5. The normalized spacial score (nSPS) is 12.2. The predicted octanol–water partition coefficient (Wildman–Crippen LogP) is -0.503. The van der Waals surface area contributed by atoms with E-state index < -0.39 is 17.6 Å². The van der Waals surface area contributed by atoms with Crippen molar-refractivity contribution >= 4 is 5.91 Å². The van der Waals surface area contributed by atoms with Crippen LogP contribution in [-0.2, 0) is 0 Å². The molecule has 88 valence electrons. The molecule has 0 saturated carbocycles. The first-order valence-electron chi connectivity index (χ1n) is 4.95. The number of nitrogens with one attached hydrogen (secondary N) is 2. The van der Waals surface area contributed by atoms with Gasteiger partial charge in [-0.15, -0.1) is 0 Å². The van der Waals surface area contributed by atoms with Crippen molar-refractivity contribution < 1.29 is 9.90 Å². The summed E-state index contributed by atoms with van der Waals surface area (Å²) in [6.07, 6.45) is -0.647. The summed E-state index contributed by atoms with van der Waals surface area (Å²) in [6.45, 7) is 5.03. The lowest BCUT2D eigenvalue weighted by atomic mass is 10.1. The molecule has 1 aromatic rings. The number of hydrogen-bond donors (Lipinski definition) is 3. The van der Waals surface area contributed by atoms with Gasteiger partial charge in [-0.1, -0.05) is 0 Å². The molecule has 6 heteroatoms. The highest BCUT2D eigenvalue weighted by atomic mass is 16.3. The third-order valence-corrected chi connectivity index (χ3v) is 2.26. The van der Waals surface area contributed by atoms with E-state index in [-0.39, 0.29) is 12.1 Å². The Kier molecular flexibility index (Phi) is 3.78. The number of aromatic amines is 1. The van der Waals surface area contributed by atoms with E-state index in [4.69, 9.17) is 5.11 Å². The van der Waals surface area contributed by atoms with Crippen LogP contribution >= 0.6 is 0 Å². The number of carbonyl (C=O) groups excluding carboxylic acids is 1. The highest BCUT2D eigenvalue weighted by Crippen LogP contribution is 2.04. The quantitative estimate of drug-likeness (QED) is 0.646. The van der Waals surface area contributed by atoms with Gasteiger partial charge in [0.25, 0.3) is 11.5 Å². The van der Waals surface area contributed by atoms with Crippen LogP contribution in [0.5, 0.6) is 0 Å². The predicted molar refractivity (Wildman–Crippen MR) is 58.3 cm³/mol. The molecule has 3 N–H and O–H groups in total. The van der Waals surface area contributed by atoms with Crippen LogP contribution in [0.4, 0.5) is 0 Å². The van der Waals surface area contributed by atoms with Gasteiger partial charge in [0, 0.05) is 6.54 Å². The van der Waals surface area contributed by atoms with E-state index in [9.17, 15) is 9.59 Å². The van der Waals surface area contributed by atoms with Crippen molar-refractivity contribution in [3.8, 4) is 0 Å². The third-order valence-electron chi connectivity index (χ3n) is 2.26. The van der Waals surface area contributed by atoms with Crippen molar-refractivity contribution in [2.24, 2.45) is 0 Å². The SMILES string of the molecule is Cc1n[nH]c(=O)c(C(=O)NC[C@@H](C)O)c1C. The number of aliphatic hydroxyl groups is 1. The lowest BCUT2D eigenvalue weighted by Gasteiger charge is -2.09. The van der Waals surface area contributed by atoms with Gasteiger partial charge in [0.2, 0.25) is 0 Å². The molecule has 0 fully saturated rings. The first kappa shape index (κ1) is 12.4. The van der Waals surface area contributed by atoms with Crippen molar-refractivity contribution in [1.29, 1.82) is 0 Å². The lowest BCUT2D eigenvalue weighted by molar-refractivity contribution is 0.0921. The van der Waals surface area contributed by atoms with Crippen LogP contribution in [0.15, 0.2) is 4.79 Å². The first-order valence-corrected chi connectivity index (χ1v) is 4.95. The van der Waals surface area contributed by atoms with Gasteiger partial charge in [-0.2, -0.15) is 5.10 Å². The molecule has 0 unspecified atom stereocenters. The Morgan fingerprint density at radius 2 is 2.19 bits per heavy atom. The number of H-pyrrole nitrogens is 1. The molecular weight excluding hydrogens is 210 g/mol. The van der Waals surface area contributed by atoms with Gasteiger partial charge in [0.15, 0.2) is 0 Å². The van der Waals surface area contributed by atoms with Crippen LogP contribution in [0.2, 0.25) is 0 Å². The highest BCUT2D eigenvalue weighted by molar-refractivity contribution is 5.95. The summed E-state index contributed by atoms with van der Waals surface area (Å²) in [6, 6.07) is 0. The maximum Gasteiger partial charge on any atom is 0.277 e. The van der Waals surface area contributed by atoms with Gasteiger partial charge < -0.3 is 10.4 Å². The standard InChI is InChI=1S/C10H15N3O3/c1-5(14)4-11-9(15)8-6(2)7(3)12-13-10(8)16/h5,14H,4H2,1-3H3,(H,11,15)(H,13,16)/t5-/m1/s1. The topological polar surface area (TPSA) is 95.1 Å². The number of hydrogen-bond acceptors (Lipinski definition) is 4. The monoisotopic (exact) mass is 225 g/mol. The molecule has 1 heterocycles. The Balaban J connectivity index is 3.00. The number of carbonyl (C=O) groups is 1. The average Bonchev–Trinajstić information content (AvgIpc) is 2.21. The van der Waals surface area contributed by atoms with E-state index in [1.54, 1.807) is 20.8 Å². The molecule has 0 aliphatic heterocycles. The van der Waals surface area contributed by atoms with Crippen LogP contribution in [-0.4, -0.2) is 33.9 Å². The number of nitrogens with zero attached hydrogens (tertiary/aromatic N) is 1. The second-order valence-electron chi connectivity index (χ2n) is 3.70.